The summed E-state index contributed by atoms with van der Waals surface area (Å²) in [6.45, 7) is -0.429. The number of nitrogens with one attached hydrogen (secondary N) is 2. The topological polar surface area (TPSA) is 101 Å². The van der Waals surface area contributed by atoms with E-state index in [9.17, 15) is 14.4 Å². The number of benzene rings is 2. The fraction of sp³-hybridized carbons (Fsp3) is 0.125. The van der Waals surface area contributed by atoms with Gasteiger partial charge in [-0.2, -0.15) is 0 Å². The maximum atomic E-state index is 12.9. The van der Waals surface area contributed by atoms with Gasteiger partial charge < -0.3 is 19.5 Å². The number of Topliss-reactive ketones (excluding diaryl/α,β-unsaturated/α-hetero) is 1. The first kappa shape index (κ1) is 21.6. The molecule has 0 bridgehead atoms. The molecule has 7 nitrogen and oxygen atoms in total. The second-order valence-corrected chi connectivity index (χ2v) is 8.02. The van der Waals surface area contributed by atoms with Gasteiger partial charge in [0.05, 0.1) is 6.26 Å². The molecule has 4 aromatic rings. The molecule has 2 aromatic carbocycles. The molecular weight excluding hydrogens is 476 g/mol. The van der Waals surface area contributed by atoms with E-state index >= 15 is 0 Å². The van der Waals surface area contributed by atoms with Gasteiger partial charge in [0.25, 0.3) is 5.91 Å². The van der Waals surface area contributed by atoms with Crippen LogP contribution in [0.3, 0.4) is 0 Å². The van der Waals surface area contributed by atoms with Crippen molar-refractivity contribution in [1.29, 1.82) is 0 Å². The Kier molecular flexibility index (Phi) is 6.51. The van der Waals surface area contributed by atoms with E-state index in [1.807, 2.05) is 24.3 Å². The highest BCUT2D eigenvalue weighted by Gasteiger charge is 2.26. The number of aromatic amines is 1. The van der Waals surface area contributed by atoms with E-state index in [1.165, 1.54) is 12.3 Å². The molecule has 2 heterocycles. The Bertz CT molecular complexity index is 1250. The second kappa shape index (κ2) is 9.65. The molecule has 0 fully saturated rings. The van der Waals surface area contributed by atoms with Crippen LogP contribution >= 0.6 is 15.9 Å². The number of para-hydroxylation sites is 1. The van der Waals surface area contributed by atoms with Gasteiger partial charge in [0, 0.05) is 33.6 Å². The first-order valence-corrected chi connectivity index (χ1v) is 10.7. The smallest absolute Gasteiger partial charge is 0.329 e. The fourth-order valence-corrected chi connectivity index (χ4v) is 3.57. The van der Waals surface area contributed by atoms with Crippen LogP contribution < -0.4 is 5.32 Å². The van der Waals surface area contributed by atoms with E-state index in [1.54, 1.807) is 36.5 Å². The molecule has 32 heavy (non-hydrogen) atoms. The highest BCUT2D eigenvalue weighted by molar-refractivity contribution is 9.10. The summed E-state index contributed by atoms with van der Waals surface area (Å²) in [5, 5.41) is 3.59. The average molecular weight is 495 g/mol. The van der Waals surface area contributed by atoms with E-state index in [2.05, 4.69) is 26.2 Å². The minimum atomic E-state index is -1.01. The summed E-state index contributed by atoms with van der Waals surface area (Å²) in [6.07, 6.45) is 3.34. The number of amides is 1. The van der Waals surface area contributed by atoms with Crippen molar-refractivity contribution < 1.29 is 23.5 Å². The Labute approximate surface area is 191 Å². The Balaban J connectivity index is 1.49. The van der Waals surface area contributed by atoms with E-state index in [4.69, 9.17) is 9.15 Å². The van der Waals surface area contributed by atoms with Crippen molar-refractivity contribution in [3.05, 3.63) is 94.5 Å². The van der Waals surface area contributed by atoms with Crippen molar-refractivity contribution in [3.63, 3.8) is 0 Å². The third kappa shape index (κ3) is 4.97. The largest absolute Gasteiger partial charge is 0.459 e. The molecule has 1 amide bonds. The molecule has 0 unspecified atom stereocenters. The van der Waals surface area contributed by atoms with Crippen LogP contribution in [0.1, 0.15) is 26.5 Å². The minimum Gasteiger partial charge on any atom is -0.459 e. The van der Waals surface area contributed by atoms with Crippen molar-refractivity contribution in [3.8, 4) is 0 Å². The lowest BCUT2D eigenvalue weighted by Gasteiger charge is -2.17. The molecule has 2 aromatic heterocycles. The number of carbonyl (C=O) groups is 3. The van der Waals surface area contributed by atoms with Crippen LogP contribution in [0.15, 0.2) is 82.0 Å². The summed E-state index contributed by atoms with van der Waals surface area (Å²) in [5.74, 6) is -1.52. The highest BCUT2D eigenvalue weighted by atomic mass is 79.9. The van der Waals surface area contributed by atoms with Gasteiger partial charge in [-0.05, 0) is 35.9 Å². The summed E-state index contributed by atoms with van der Waals surface area (Å²) < 4.78 is 11.2. The number of furan rings is 1. The third-order valence-electron chi connectivity index (χ3n) is 4.95. The number of ether oxygens (including phenoxy) is 1. The molecule has 4 rings (SSSR count). The first-order valence-electron chi connectivity index (χ1n) is 9.86. The summed E-state index contributed by atoms with van der Waals surface area (Å²) >= 11 is 3.31. The van der Waals surface area contributed by atoms with Gasteiger partial charge in [-0.15, -0.1) is 0 Å². The van der Waals surface area contributed by atoms with Gasteiger partial charge in [0.1, 0.15) is 6.04 Å². The lowest BCUT2D eigenvalue weighted by molar-refractivity contribution is -0.144. The zero-order valence-electron chi connectivity index (χ0n) is 16.8. The normalized spacial score (nSPS) is 11.8. The predicted molar refractivity (Wildman–Crippen MR) is 121 cm³/mol. The van der Waals surface area contributed by atoms with E-state index in [0.29, 0.717) is 5.56 Å². The summed E-state index contributed by atoms with van der Waals surface area (Å²) in [4.78, 5) is 40.9. The summed E-state index contributed by atoms with van der Waals surface area (Å²) in [5.41, 5.74) is 2.17. The molecule has 0 saturated carbocycles. The Hall–Kier alpha value is -3.65. The number of carbonyl (C=O) groups excluding carboxylic acids is 3. The number of H-pyrrole nitrogens is 1. The van der Waals surface area contributed by atoms with Crippen LogP contribution in [0.2, 0.25) is 0 Å². The Morgan fingerprint density at radius 1 is 1.03 bits per heavy atom. The second-order valence-electron chi connectivity index (χ2n) is 7.10. The number of hydrogen-bond donors (Lipinski definition) is 2. The number of aromatic nitrogens is 1. The van der Waals surface area contributed by atoms with Crippen LogP contribution in [0.5, 0.6) is 0 Å². The molecule has 162 valence electrons. The summed E-state index contributed by atoms with van der Waals surface area (Å²) in [7, 11) is 0. The minimum absolute atomic E-state index is 0.0765. The van der Waals surface area contributed by atoms with Crippen molar-refractivity contribution in [2.45, 2.75) is 12.5 Å². The number of fused-ring (bicyclic) bond motifs is 1. The average Bonchev–Trinajstić information content (AvgIpc) is 3.48. The van der Waals surface area contributed by atoms with Crippen molar-refractivity contribution >= 4 is 44.5 Å². The molecule has 0 radical (unpaired) electrons. The van der Waals surface area contributed by atoms with Gasteiger partial charge in [0.15, 0.2) is 18.2 Å². The highest BCUT2D eigenvalue weighted by Crippen LogP contribution is 2.20. The van der Waals surface area contributed by atoms with Gasteiger partial charge >= 0.3 is 5.97 Å². The molecule has 8 heteroatoms. The molecular formula is C24H19BrN2O5. The number of ketones is 1. The lowest BCUT2D eigenvalue weighted by Crippen LogP contribution is -2.43. The molecule has 0 aliphatic rings. The van der Waals surface area contributed by atoms with E-state index in [-0.39, 0.29) is 18.0 Å². The zero-order valence-corrected chi connectivity index (χ0v) is 18.4. The SMILES string of the molecule is O=C(COC(=O)[C@@H](Cc1c[nH]c2ccccc12)NC(=O)c1ccco1)c1ccc(Br)cc1. The molecule has 0 aliphatic carbocycles. The molecule has 2 N–H and O–H groups in total. The third-order valence-corrected chi connectivity index (χ3v) is 5.47. The summed E-state index contributed by atoms with van der Waals surface area (Å²) in [6, 6.07) is 16.5. The predicted octanol–water partition coefficient (Wildman–Crippen LogP) is 4.29. The van der Waals surface area contributed by atoms with Crippen molar-refractivity contribution in [2.75, 3.05) is 6.61 Å². The number of hydrogen-bond acceptors (Lipinski definition) is 5. The first-order chi connectivity index (χ1) is 15.5. The van der Waals surface area contributed by atoms with Crippen LogP contribution in [0.25, 0.3) is 10.9 Å². The standard InChI is InChI=1S/C24H19BrN2O5/c25-17-9-7-15(8-10-17)21(28)14-32-24(30)20(27-23(29)22-6-3-11-31-22)12-16-13-26-19-5-2-1-4-18(16)19/h1-11,13,20,26H,12,14H2,(H,27,29)/t20-/m1/s1. The fourth-order valence-electron chi connectivity index (χ4n) is 3.31. The van der Waals surface area contributed by atoms with Crippen LogP contribution in [0.4, 0.5) is 0 Å². The van der Waals surface area contributed by atoms with E-state index in [0.717, 1.165) is 20.9 Å². The van der Waals surface area contributed by atoms with Crippen molar-refractivity contribution in [2.24, 2.45) is 0 Å². The quantitative estimate of drug-likeness (QED) is 0.281. The monoisotopic (exact) mass is 494 g/mol. The molecule has 0 saturated heterocycles. The zero-order chi connectivity index (χ0) is 22.5. The number of esters is 1. The van der Waals surface area contributed by atoms with Crippen LogP contribution in [0, 0.1) is 0 Å². The lowest BCUT2D eigenvalue weighted by atomic mass is 10.0. The van der Waals surface area contributed by atoms with E-state index < -0.39 is 24.5 Å². The van der Waals surface area contributed by atoms with Crippen molar-refractivity contribution in [1.82, 2.24) is 10.3 Å². The number of halogens is 1. The van der Waals surface area contributed by atoms with Gasteiger partial charge in [-0.25, -0.2) is 4.79 Å². The van der Waals surface area contributed by atoms with Crippen LogP contribution in [-0.4, -0.2) is 35.3 Å². The van der Waals surface area contributed by atoms with Gasteiger partial charge in [-0.1, -0.05) is 46.3 Å². The molecule has 1 atom stereocenters. The van der Waals surface area contributed by atoms with Gasteiger partial charge in [0.2, 0.25) is 0 Å². The van der Waals surface area contributed by atoms with Gasteiger partial charge in [-0.3, -0.25) is 9.59 Å². The Morgan fingerprint density at radius 2 is 1.81 bits per heavy atom. The maximum absolute atomic E-state index is 12.9. The molecule has 0 spiro atoms. The molecule has 0 aliphatic heterocycles. The maximum Gasteiger partial charge on any atom is 0.329 e. The van der Waals surface area contributed by atoms with Crippen LogP contribution in [-0.2, 0) is 16.0 Å². The number of rotatable bonds is 8. The Morgan fingerprint density at radius 3 is 2.56 bits per heavy atom.